The molecule has 0 saturated heterocycles. The van der Waals surface area contributed by atoms with Gasteiger partial charge in [-0.25, -0.2) is 4.79 Å². The molecule has 2 rings (SSSR count). The number of amides is 1. The van der Waals surface area contributed by atoms with E-state index in [1.807, 2.05) is 6.07 Å². The lowest BCUT2D eigenvalue weighted by Gasteiger charge is -2.10. The van der Waals surface area contributed by atoms with Crippen molar-refractivity contribution in [3.63, 3.8) is 0 Å². The smallest absolute Gasteiger partial charge is 0.423 e. The Balaban J connectivity index is 2.07. The molecule has 2 aromatic carbocycles. The normalized spacial score (nSPS) is 9.79. The third-order valence-electron chi connectivity index (χ3n) is 2.43. The standard InChI is InChI=1S/C13H12BNO4/c16-13(19-10-6-2-1-3-7-10)15-12-9-5-4-8-11(12)14(17)18/h1-9,17-18H,(H,15,16). The second kappa shape index (κ2) is 6.04. The molecular formula is C13H12BNO4. The van der Waals surface area contributed by atoms with Gasteiger partial charge in [0.25, 0.3) is 0 Å². The van der Waals surface area contributed by atoms with Gasteiger partial charge in [0.15, 0.2) is 0 Å². The monoisotopic (exact) mass is 257 g/mol. The summed E-state index contributed by atoms with van der Waals surface area (Å²) in [6.45, 7) is 0. The molecule has 1 amide bonds. The van der Waals surface area contributed by atoms with Gasteiger partial charge in [-0.05, 0) is 18.2 Å². The van der Waals surface area contributed by atoms with E-state index in [0.29, 0.717) is 11.4 Å². The zero-order valence-corrected chi connectivity index (χ0v) is 9.98. The van der Waals surface area contributed by atoms with Crippen LogP contribution in [0, 0.1) is 0 Å². The average molecular weight is 257 g/mol. The second-order valence-electron chi connectivity index (χ2n) is 3.79. The van der Waals surface area contributed by atoms with Crippen molar-refractivity contribution >= 4 is 24.4 Å². The van der Waals surface area contributed by atoms with Crippen molar-refractivity contribution in [1.82, 2.24) is 0 Å². The lowest BCUT2D eigenvalue weighted by Crippen LogP contribution is -2.33. The summed E-state index contributed by atoms with van der Waals surface area (Å²) >= 11 is 0. The Bertz CT molecular complexity index is 560. The number of benzene rings is 2. The van der Waals surface area contributed by atoms with Gasteiger partial charge in [-0.3, -0.25) is 5.32 Å². The van der Waals surface area contributed by atoms with Gasteiger partial charge in [0, 0.05) is 11.2 Å². The number of carbonyl (C=O) groups excluding carboxylic acids is 1. The fourth-order valence-electron chi connectivity index (χ4n) is 1.57. The summed E-state index contributed by atoms with van der Waals surface area (Å²) in [4.78, 5) is 11.7. The maximum absolute atomic E-state index is 11.7. The first-order valence-electron chi connectivity index (χ1n) is 5.66. The van der Waals surface area contributed by atoms with E-state index in [9.17, 15) is 14.8 Å². The third-order valence-corrected chi connectivity index (χ3v) is 2.43. The highest BCUT2D eigenvalue weighted by Crippen LogP contribution is 2.10. The largest absolute Gasteiger partial charge is 0.490 e. The molecule has 0 aliphatic carbocycles. The molecule has 5 nitrogen and oxygen atoms in total. The lowest BCUT2D eigenvalue weighted by molar-refractivity contribution is 0.215. The lowest BCUT2D eigenvalue weighted by atomic mass is 9.79. The number of rotatable bonds is 3. The molecule has 0 aliphatic heterocycles. The average Bonchev–Trinajstić information content (AvgIpc) is 2.40. The summed E-state index contributed by atoms with van der Waals surface area (Å²) in [5.74, 6) is 0.405. The molecule has 0 unspecified atom stereocenters. The van der Waals surface area contributed by atoms with Crippen molar-refractivity contribution in [2.24, 2.45) is 0 Å². The Morgan fingerprint density at radius 1 is 1.00 bits per heavy atom. The molecule has 0 spiro atoms. The molecule has 19 heavy (non-hydrogen) atoms. The van der Waals surface area contributed by atoms with Gasteiger partial charge >= 0.3 is 13.2 Å². The van der Waals surface area contributed by atoms with E-state index in [1.165, 1.54) is 6.07 Å². The molecule has 0 saturated carbocycles. The van der Waals surface area contributed by atoms with E-state index in [4.69, 9.17) is 4.74 Å². The molecule has 2 aromatic rings. The van der Waals surface area contributed by atoms with E-state index in [-0.39, 0.29) is 5.46 Å². The fraction of sp³-hybridized carbons (Fsp3) is 0. The van der Waals surface area contributed by atoms with Gasteiger partial charge in [0.1, 0.15) is 5.75 Å². The van der Waals surface area contributed by atoms with Gasteiger partial charge in [-0.1, -0.05) is 36.4 Å². The van der Waals surface area contributed by atoms with Crippen LogP contribution in [0.25, 0.3) is 0 Å². The van der Waals surface area contributed by atoms with Gasteiger partial charge < -0.3 is 14.8 Å². The number of nitrogens with one attached hydrogen (secondary N) is 1. The van der Waals surface area contributed by atoms with Gasteiger partial charge in [-0.2, -0.15) is 0 Å². The number of hydrogen-bond acceptors (Lipinski definition) is 4. The van der Waals surface area contributed by atoms with Crippen molar-refractivity contribution in [2.45, 2.75) is 0 Å². The van der Waals surface area contributed by atoms with Gasteiger partial charge in [0.05, 0.1) is 0 Å². The van der Waals surface area contributed by atoms with E-state index < -0.39 is 13.2 Å². The minimum absolute atomic E-state index is 0.201. The Labute approximate surface area is 110 Å². The van der Waals surface area contributed by atoms with Crippen LogP contribution in [0.2, 0.25) is 0 Å². The van der Waals surface area contributed by atoms with E-state index in [1.54, 1.807) is 42.5 Å². The Kier molecular flexibility index (Phi) is 4.17. The summed E-state index contributed by atoms with van der Waals surface area (Å²) < 4.78 is 5.04. The van der Waals surface area contributed by atoms with Crippen LogP contribution in [0.5, 0.6) is 5.75 Å². The van der Waals surface area contributed by atoms with Gasteiger partial charge in [0.2, 0.25) is 0 Å². The maximum Gasteiger partial charge on any atom is 0.490 e. The van der Waals surface area contributed by atoms with Crippen LogP contribution < -0.4 is 15.5 Å². The predicted molar refractivity (Wildman–Crippen MR) is 72.4 cm³/mol. The molecule has 6 heteroatoms. The Hall–Kier alpha value is -2.31. The van der Waals surface area contributed by atoms with Crippen LogP contribution in [0.4, 0.5) is 10.5 Å². The molecule has 0 atom stereocenters. The van der Waals surface area contributed by atoms with Crippen LogP contribution in [-0.4, -0.2) is 23.3 Å². The minimum atomic E-state index is -1.66. The predicted octanol–water partition coefficient (Wildman–Crippen LogP) is 0.977. The van der Waals surface area contributed by atoms with Crippen molar-refractivity contribution in [3.8, 4) is 5.75 Å². The molecule has 0 aliphatic rings. The number of anilines is 1. The zero-order valence-electron chi connectivity index (χ0n) is 9.98. The van der Waals surface area contributed by atoms with Gasteiger partial charge in [-0.15, -0.1) is 0 Å². The summed E-state index contributed by atoms with van der Waals surface area (Å²) in [5, 5.41) is 20.8. The first-order chi connectivity index (χ1) is 9.16. The van der Waals surface area contributed by atoms with Crippen molar-refractivity contribution < 1.29 is 19.6 Å². The first-order valence-corrected chi connectivity index (χ1v) is 5.66. The molecule has 0 aromatic heterocycles. The summed E-state index contributed by atoms with van der Waals surface area (Å²) in [7, 11) is -1.66. The topological polar surface area (TPSA) is 78.8 Å². The summed E-state index contributed by atoms with van der Waals surface area (Å²) in [5.41, 5.74) is 0.492. The number of carbonyl (C=O) groups is 1. The van der Waals surface area contributed by atoms with E-state index >= 15 is 0 Å². The molecule has 96 valence electrons. The highest BCUT2D eigenvalue weighted by Gasteiger charge is 2.17. The minimum Gasteiger partial charge on any atom is -0.423 e. The maximum atomic E-state index is 11.7. The second-order valence-corrected chi connectivity index (χ2v) is 3.79. The molecular weight excluding hydrogens is 245 g/mol. The van der Waals surface area contributed by atoms with Crippen LogP contribution in [0.3, 0.4) is 0 Å². The molecule has 0 bridgehead atoms. The third kappa shape index (κ3) is 3.57. The van der Waals surface area contributed by atoms with Crippen molar-refractivity contribution in [3.05, 3.63) is 54.6 Å². The number of para-hydroxylation sites is 2. The number of ether oxygens (including phenoxy) is 1. The zero-order chi connectivity index (χ0) is 13.7. The fourth-order valence-corrected chi connectivity index (χ4v) is 1.57. The Morgan fingerprint density at radius 2 is 1.63 bits per heavy atom. The summed E-state index contributed by atoms with van der Waals surface area (Å²) in [6, 6.07) is 15.0. The van der Waals surface area contributed by atoms with Crippen molar-refractivity contribution in [2.75, 3.05) is 5.32 Å². The summed E-state index contributed by atoms with van der Waals surface area (Å²) in [6.07, 6.45) is -0.695. The van der Waals surface area contributed by atoms with E-state index in [2.05, 4.69) is 5.32 Å². The SMILES string of the molecule is O=C(Nc1ccccc1B(O)O)Oc1ccccc1. The van der Waals surface area contributed by atoms with Crippen molar-refractivity contribution in [1.29, 1.82) is 0 Å². The number of hydrogen-bond donors (Lipinski definition) is 3. The molecule has 3 N–H and O–H groups in total. The van der Waals surface area contributed by atoms with E-state index in [0.717, 1.165) is 0 Å². The van der Waals surface area contributed by atoms with Crippen LogP contribution in [0.15, 0.2) is 54.6 Å². The van der Waals surface area contributed by atoms with Crippen LogP contribution >= 0.6 is 0 Å². The quantitative estimate of drug-likeness (QED) is 0.716. The first kappa shape index (κ1) is 13.1. The highest BCUT2D eigenvalue weighted by atomic mass is 16.6. The molecule has 0 heterocycles. The highest BCUT2D eigenvalue weighted by molar-refractivity contribution is 6.60. The Morgan fingerprint density at radius 3 is 2.32 bits per heavy atom. The molecule has 0 fully saturated rings. The molecule has 0 radical (unpaired) electrons. The van der Waals surface area contributed by atoms with Crippen LogP contribution in [-0.2, 0) is 0 Å². The van der Waals surface area contributed by atoms with Crippen LogP contribution in [0.1, 0.15) is 0 Å².